The van der Waals surface area contributed by atoms with Crippen molar-refractivity contribution < 1.29 is 23.0 Å². The molecule has 1 atom stereocenters. The van der Waals surface area contributed by atoms with Crippen LogP contribution in [0.2, 0.25) is 0 Å². The first-order chi connectivity index (χ1) is 16.6. The first kappa shape index (κ1) is 24.2. The molecular formula is C26H27ClF3N3O2. The lowest BCUT2D eigenvalue weighted by Crippen LogP contribution is -2.41. The highest BCUT2D eigenvalue weighted by Gasteiger charge is 2.40. The number of ether oxygens (including phenoxy) is 1. The summed E-state index contributed by atoms with van der Waals surface area (Å²) in [5, 5.41) is 13.5. The first-order valence-electron chi connectivity index (χ1n) is 11.6. The van der Waals surface area contributed by atoms with Gasteiger partial charge in [-0.3, -0.25) is 0 Å². The van der Waals surface area contributed by atoms with Crippen LogP contribution in [0.3, 0.4) is 0 Å². The van der Waals surface area contributed by atoms with Crippen LogP contribution < -0.4 is 10.1 Å². The molecule has 5 rings (SSSR count). The zero-order valence-electron chi connectivity index (χ0n) is 19.3. The summed E-state index contributed by atoms with van der Waals surface area (Å²) in [5.74, 6) is 0.983. The molecule has 1 fully saturated rings. The predicted octanol–water partition coefficient (Wildman–Crippen LogP) is 5.70. The van der Waals surface area contributed by atoms with Gasteiger partial charge in [-0.15, -0.1) is 11.6 Å². The van der Waals surface area contributed by atoms with Crippen LogP contribution in [0.25, 0.3) is 16.6 Å². The normalized spacial score (nSPS) is 24.8. The van der Waals surface area contributed by atoms with E-state index in [1.807, 2.05) is 25.1 Å². The quantitative estimate of drug-likeness (QED) is 0.422. The molecule has 186 valence electrons. The molecular weight excluding hydrogens is 479 g/mol. The summed E-state index contributed by atoms with van der Waals surface area (Å²) in [4.78, 5) is 4.55. The number of aromatic nitrogens is 2. The molecule has 35 heavy (non-hydrogen) atoms. The van der Waals surface area contributed by atoms with E-state index in [1.54, 1.807) is 6.33 Å². The number of halogens is 4. The van der Waals surface area contributed by atoms with E-state index in [1.165, 1.54) is 12.1 Å². The average Bonchev–Trinajstić information content (AvgIpc) is 3.24. The summed E-state index contributed by atoms with van der Waals surface area (Å²) in [6.07, 6.45) is 1.47. The minimum atomic E-state index is -4.34. The highest BCUT2D eigenvalue weighted by Crippen LogP contribution is 2.43. The van der Waals surface area contributed by atoms with Gasteiger partial charge in [-0.25, -0.2) is 4.98 Å². The van der Waals surface area contributed by atoms with Crippen LogP contribution in [0, 0.1) is 0 Å². The molecule has 2 aromatic carbocycles. The number of benzene rings is 2. The van der Waals surface area contributed by atoms with Crippen molar-refractivity contribution in [1.29, 1.82) is 0 Å². The number of hydrogen-bond acceptors (Lipinski definition) is 4. The topological polar surface area (TPSA) is 59.3 Å². The van der Waals surface area contributed by atoms with E-state index in [2.05, 4.69) is 14.9 Å². The van der Waals surface area contributed by atoms with E-state index in [-0.39, 0.29) is 12.1 Å². The van der Waals surface area contributed by atoms with Gasteiger partial charge in [0.1, 0.15) is 12.4 Å². The van der Waals surface area contributed by atoms with Crippen molar-refractivity contribution in [3.05, 3.63) is 65.5 Å². The van der Waals surface area contributed by atoms with Gasteiger partial charge >= 0.3 is 6.18 Å². The average molecular weight is 506 g/mol. The minimum absolute atomic E-state index is 0.0159. The van der Waals surface area contributed by atoms with Crippen LogP contribution >= 0.6 is 11.6 Å². The maximum absolute atomic E-state index is 12.9. The largest absolute Gasteiger partial charge is 0.492 e. The molecule has 0 unspecified atom stereocenters. The fraction of sp³-hybridized carbons (Fsp3) is 0.423. The molecule has 0 amide bonds. The van der Waals surface area contributed by atoms with Crippen molar-refractivity contribution in [2.75, 3.05) is 13.2 Å². The molecule has 0 spiro atoms. The van der Waals surface area contributed by atoms with E-state index >= 15 is 0 Å². The molecule has 2 aliphatic rings. The molecule has 0 radical (unpaired) electrons. The Labute approximate surface area is 206 Å². The third kappa shape index (κ3) is 5.06. The van der Waals surface area contributed by atoms with E-state index in [0.29, 0.717) is 44.0 Å². The number of nitrogens with one attached hydrogen (secondary N) is 1. The summed E-state index contributed by atoms with van der Waals surface area (Å²) in [6.45, 7) is 2.86. The van der Waals surface area contributed by atoms with Crippen LogP contribution in [0.5, 0.6) is 5.75 Å². The van der Waals surface area contributed by atoms with Gasteiger partial charge < -0.3 is 19.7 Å². The Morgan fingerprint density at radius 1 is 1.23 bits per heavy atom. The molecule has 5 nitrogen and oxygen atoms in total. The Morgan fingerprint density at radius 2 is 1.97 bits per heavy atom. The van der Waals surface area contributed by atoms with Gasteiger partial charge in [-0.05, 0) is 61.1 Å². The number of imidazole rings is 1. The standard InChI is InChI=1S/C26H27ClF3N3O2/c1-25(34)11-21(12-25)33-15-32-23-10-22(9-18(13-27)24(23)33)35-14-20-8-17(6-7-31-20)16-2-4-19(5-3-16)26(28,29)30/h2-6,9-10,15,20-21,31,34H,7-8,11-14H2,1H3/t20-,21?,25?/m0/s1. The van der Waals surface area contributed by atoms with Crippen molar-refractivity contribution in [2.45, 2.75) is 55.9 Å². The van der Waals surface area contributed by atoms with Crippen LogP contribution in [0.1, 0.15) is 48.9 Å². The first-order valence-corrected chi connectivity index (χ1v) is 12.2. The van der Waals surface area contributed by atoms with Crippen molar-refractivity contribution in [1.82, 2.24) is 14.9 Å². The summed E-state index contributed by atoms with van der Waals surface area (Å²) >= 11 is 6.27. The fourth-order valence-electron chi connectivity index (χ4n) is 5.04. The van der Waals surface area contributed by atoms with Gasteiger partial charge in [0.05, 0.1) is 28.5 Å². The number of aliphatic hydroxyl groups is 1. The van der Waals surface area contributed by atoms with Crippen molar-refractivity contribution in [3.8, 4) is 5.75 Å². The Hall–Kier alpha value is -2.55. The second-order valence-corrected chi connectivity index (χ2v) is 9.99. The van der Waals surface area contributed by atoms with Gasteiger partial charge in [-0.1, -0.05) is 18.2 Å². The molecule has 2 heterocycles. The molecule has 0 bridgehead atoms. The summed E-state index contributed by atoms with van der Waals surface area (Å²) in [7, 11) is 0. The lowest BCUT2D eigenvalue weighted by molar-refractivity contribution is -0.137. The van der Waals surface area contributed by atoms with E-state index in [9.17, 15) is 18.3 Å². The molecule has 9 heteroatoms. The minimum Gasteiger partial charge on any atom is -0.492 e. The van der Waals surface area contributed by atoms with Crippen LogP contribution in [-0.2, 0) is 12.1 Å². The van der Waals surface area contributed by atoms with Gasteiger partial charge in [0.25, 0.3) is 0 Å². The van der Waals surface area contributed by atoms with Gasteiger partial charge in [0.15, 0.2) is 0 Å². The maximum Gasteiger partial charge on any atom is 0.416 e. The van der Waals surface area contributed by atoms with Crippen molar-refractivity contribution in [3.63, 3.8) is 0 Å². The number of hydrogen-bond donors (Lipinski definition) is 2. The predicted molar refractivity (Wildman–Crippen MR) is 130 cm³/mol. The molecule has 0 saturated heterocycles. The van der Waals surface area contributed by atoms with Crippen molar-refractivity contribution >= 4 is 28.2 Å². The monoisotopic (exact) mass is 505 g/mol. The van der Waals surface area contributed by atoms with Crippen molar-refractivity contribution in [2.24, 2.45) is 0 Å². The van der Waals surface area contributed by atoms with Gasteiger partial charge in [0, 0.05) is 30.6 Å². The number of alkyl halides is 4. The van der Waals surface area contributed by atoms with Crippen LogP contribution in [0.4, 0.5) is 13.2 Å². The second-order valence-electron chi connectivity index (χ2n) is 9.72. The highest BCUT2D eigenvalue weighted by molar-refractivity contribution is 6.18. The van der Waals surface area contributed by atoms with Crippen LogP contribution in [0.15, 0.2) is 48.8 Å². The Balaban J connectivity index is 1.26. The Morgan fingerprint density at radius 3 is 2.63 bits per heavy atom. The molecule has 1 saturated carbocycles. The molecule has 1 aromatic heterocycles. The highest BCUT2D eigenvalue weighted by atomic mass is 35.5. The van der Waals surface area contributed by atoms with E-state index in [4.69, 9.17) is 16.3 Å². The number of nitrogens with zero attached hydrogens (tertiary/aromatic N) is 2. The zero-order valence-corrected chi connectivity index (χ0v) is 20.0. The molecule has 1 aliphatic carbocycles. The molecule has 1 aliphatic heterocycles. The van der Waals surface area contributed by atoms with Gasteiger partial charge in [-0.2, -0.15) is 13.2 Å². The Kier molecular flexibility index (Phi) is 6.32. The summed E-state index contributed by atoms with van der Waals surface area (Å²) in [5.41, 5.74) is 3.19. The number of rotatable bonds is 6. The number of fused-ring (bicyclic) bond motifs is 1. The molecule has 3 aromatic rings. The fourth-order valence-corrected chi connectivity index (χ4v) is 5.24. The summed E-state index contributed by atoms with van der Waals surface area (Å²) in [6, 6.07) is 9.33. The van der Waals surface area contributed by atoms with E-state index in [0.717, 1.165) is 39.9 Å². The Bertz CT molecular complexity index is 1240. The smallest absolute Gasteiger partial charge is 0.416 e. The van der Waals surface area contributed by atoms with Gasteiger partial charge in [0.2, 0.25) is 0 Å². The summed E-state index contributed by atoms with van der Waals surface area (Å²) < 4.78 is 46.8. The lowest BCUT2D eigenvalue weighted by Gasteiger charge is -2.41. The zero-order chi connectivity index (χ0) is 24.8. The third-order valence-electron chi connectivity index (χ3n) is 6.87. The molecule has 2 N–H and O–H groups in total. The third-order valence-corrected chi connectivity index (χ3v) is 7.15. The van der Waals surface area contributed by atoms with E-state index < -0.39 is 17.3 Å². The second kappa shape index (κ2) is 9.15. The maximum atomic E-state index is 12.9. The SMILES string of the molecule is CC1(O)CC(n2cnc3cc(OC[C@@H]4CC(c5ccc(C(F)(F)F)cc5)=CCN4)cc(CCl)c32)C1. The van der Waals surface area contributed by atoms with Crippen LogP contribution in [-0.4, -0.2) is 39.5 Å². The lowest BCUT2D eigenvalue weighted by atomic mass is 9.77.